The van der Waals surface area contributed by atoms with E-state index >= 15 is 0 Å². The summed E-state index contributed by atoms with van der Waals surface area (Å²) in [6.07, 6.45) is 1.54. The van der Waals surface area contributed by atoms with Crippen LogP contribution >= 0.6 is 50.9 Å². The molecule has 0 saturated heterocycles. The summed E-state index contributed by atoms with van der Waals surface area (Å²) in [4.78, 5) is 13.0. The predicted octanol–water partition coefficient (Wildman–Crippen LogP) is 6.59. The van der Waals surface area contributed by atoms with Crippen molar-refractivity contribution in [2.24, 2.45) is 5.10 Å². The van der Waals surface area contributed by atoms with Gasteiger partial charge in [0.05, 0.1) is 33.6 Å². The highest BCUT2D eigenvalue weighted by Gasteiger charge is 2.12. The molecule has 0 atom stereocenters. The molecule has 9 heteroatoms. The molecule has 0 radical (unpaired) electrons. The fourth-order valence-electron chi connectivity index (χ4n) is 2.62. The van der Waals surface area contributed by atoms with Crippen molar-refractivity contribution in [3.8, 4) is 11.5 Å². The molecule has 5 nitrogen and oxygen atoms in total. The minimum absolute atomic E-state index is 0.192. The second kappa shape index (κ2) is 12.2. The maximum atomic E-state index is 12.0. The monoisotopic (exact) mass is 552 g/mol. The predicted molar refractivity (Wildman–Crippen MR) is 134 cm³/mol. The van der Waals surface area contributed by atoms with Gasteiger partial charge < -0.3 is 9.47 Å². The third-order valence-electron chi connectivity index (χ3n) is 4.13. The molecule has 1 N–H and O–H groups in total. The van der Waals surface area contributed by atoms with E-state index in [2.05, 4.69) is 26.5 Å². The minimum Gasteiger partial charge on any atom is -0.493 e. The Kier molecular flexibility index (Phi) is 9.29. The lowest BCUT2D eigenvalue weighted by molar-refractivity contribution is -0.118. The van der Waals surface area contributed by atoms with Gasteiger partial charge in [-0.25, -0.2) is 5.43 Å². The molecule has 0 unspecified atom stereocenters. The van der Waals surface area contributed by atoms with Gasteiger partial charge in [-0.3, -0.25) is 4.79 Å². The molecule has 0 fully saturated rings. The number of rotatable bonds is 9. The molecular formula is C23H19BrCl2N2O3S. The van der Waals surface area contributed by atoms with E-state index in [0.29, 0.717) is 26.0 Å². The normalized spacial score (nSPS) is 10.9. The summed E-state index contributed by atoms with van der Waals surface area (Å²) < 4.78 is 12.1. The van der Waals surface area contributed by atoms with Gasteiger partial charge >= 0.3 is 0 Å². The molecule has 0 bridgehead atoms. The van der Waals surface area contributed by atoms with Crippen LogP contribution in [0.4, 0.5) is 0 Å². The van der Waals surface area contributed by atoms with Crippen LogP contribution in [-0.2, 0) is 11.4 Å². The zero-order valence-electron chi connectivity index (χ0n) is 17.0. The van der Waals surface area contributed by atoms with E-state index in [1.165, 1.54) is 11.8 Å². The molecule has 0 heterocycles. The molecular weight excluding hydrogens is 535 g/mol. The third kappa shape index (κ3) is 7.17. The van der Waals surface area contributed by atoms with Gasteiger partial charge in [0.2, 0.25) is 5.91 Å². The minimum atomic E-state index is -0.192. The summed E-state index contributed by atoms with van der Waals surface area (Å²) in [5.74, 6) is 1.14. The van der Waals surface area contributed by atoms with Crippen LogP contribution in [0.25, 0.3) is 0 Å². The topological polar surface area (TPSA) is 59.9 Å². The van der Waals surface area contributed by atoms with Crippen molar-refractivity contribution in [3.63, 3.8) is 0 Å². The van der Waals surface area contributed by atoms with Crippen LogP contribution in [-0.4, -0.2) is 25.0 Å². The number of thioether (sulfide) groups is 1. The first-order valence-corrected chi connectivity index (χ1v) is 11.9. The fraction of sp³-hybridized carbons (Fsp3) is 0.130. The Balaban J connectivity index is 1.59. The highest BCUT2D eigenvalue weighted by atomic mass is 79.9. The molecule has 3 aromatic carbocycles. The van der Waals surface area contributed by atoms with E-state index in [0.717, 1.165) is 16.0 Å². The zero-order valence-corrected chi connectivity index (χ0v) is 20.9. The number of carbonyl (C=O) groups excluding carboxylic acids is 1. The number of benzene rings is 3. The van der Waals surface area contributed by atoms with Crippen LogP contribution in [0.2, 0.25) is 10.0 Å². The van der Waals surface area contributed by atoms with Gasteiger partial charge in [0.1, 0.15) is 6.61 Å². The molecule has 166 valence electrons. The standard InChI is InChI=1S/C23H19BrCl2N2O3S/c1-30-21-11-16(12-27-28-22(29)14-32-17-5-3-2-4-6-17)9-18(24)23(21)31-13-15-7-8-19(25)20(26)10-15/h2-12H,13-14H2,1H3,(H,28,29)/b27-12-. The number of hydrogen-bond donors (Lipinski definition) is 1. The highest BCUT2D eigenvalue weighted by Crippen LogP contribution is 2.37. The van der Waals surface area contributed by atoms with Crippen LogP contribution in [0.15, 0.2) is 75.1 Å². The zero-order chi connectivity index (χ0) is 22.9. The van der Waals surface area contributed by atoms with E-state index in [-0.39, 0.29) is 18.3 Å². The smallest absolute Gasteiger partial charge is 0.250 e. The lowest BCUT2D eigenvalue weighted by Crippen LogP contribution is -2.19. The maximum absolute atomic E-state index is 12.0. The quantitative estimate of drug-likeness (QED) is 0.184. The number of methoxy groups -OCH3 is 1. The SMILES string of the molecule is COc1cc(/C=N\NC(=O)CSc2ccccc2)cc(Br)c1OCc1ccc(Cl)c(Cl)c1. The number of nitrogens with one attached hydrogen (secondary N) is 1. The van der Waals surface area contributed by atoms with E-state index in [1.54, 1.807) is 31.5 Å². The summed E-state index contributed by atoms with van der Waals surface area (Å²) >= 11 is 17.0. The van der Waals surface area contributed by atoms with E-state index in [4.69, 9.17) is 32.7 Å². The van der Waals surface area contributed by atoms with E-state index in [9.17, 15) is 4.79 Å². The van der Waals surface area contributed by atoms with E-state index < -0.39 is 0 Å². The number of ether oxygens (including phenoxy) is 2. The Hall–Kier alpha value is -2.19. The van der Waals surface area contributed by atoms with Crippen molar-refractivity contribution in [2.45, 2.75) is 11.5 Å². The van der Waals surface area contributed by atoms with Crippen LogP contribution in [0.5, 0.6) is 11.5 Å². The van der Waals surface area contributed by atoms with E-state index in [1.807, 2.05) is 42.5 Å². The summed E-state index contributed by atoms with van der Waals surface area (Å²) in [5.41, 5.74) is 4.13. The highest BCUT2D eigenvalue weighted by molar-refractivity contribution is 9.10. The lowest BCUT2D eigenvalue weighted by Gasteiger charge is -2.14. The first-order valence-electron chi connectivity index (χ1n) is 9.40. The summed E-state index contributed by atoms with van der Waals surface area (Å²) in [7, 11) is 1.55. The van der Waals surface area contributed by atoms with Crippen molar-refractivity contribution in [3.05, 3.63) is 86.3 Å². The second-order valence-electron chi connectivity index (χ2n) is 6.47. The van der Waals surface area contributed by atoms with Gasteiger partial charge in [0.15, 0.2) is 11.5 Å². The van der Waals surface area contributed by atoms with Gasteiger partial charge in [0, 0.05) is 4.90 Å². The fourth-order valence-corrected chi connectivity index (χ4v) is 4.22. The number of carbonyl (C=O) groups is 1. The Morgan fingerprint density at radius 3 is 2.62 bits per heavy atom. The summed E-state index contributed by atoms with van der Waals surface area (Å²) in [5, 5.41) is 4.99. The molecule has 0 saturated carbocycles. The van der Waals surface area contributed by atoms with Crippen molar-refractivity contribution in [2.75, 3.05) is 12.9 Å². The van der Waals surface area contributed by atoms with Crippen LogP contribution in [0.3, 0.4) is 0 Å². The average molecular weight is 554 g/mol. The van der Waals surface area contributed by atoms with Gasteiger partial charge in [-0.1, -0.05) is 47.5 Å². The van der Waals surface area contributed by atoms with Crippen molar-refractivity contribution in [1.29, 1.82) is 0 Å². The van der Waals surface area contributed by atoms with Gasteiger partial charge in [-0.05, 0) is 63.5 Å². The van der Waals surface area contributed by atoms with Crippen molar-refractivity contribution in [1.82, 2.24) is 5.43 Å². The van der Waals surface area contributed by atoms with Gasteiger partial charge in [-0.2, -0.15) is 5.10 Å². The lowest BCUT2D eigenvalue weighted by atomic mass is 10.2. The van der Waals surface area contributed by atoms with Crippen LogP contribution in [0, 0.1) is 0 Å². The number of amides is 1. The van der Waals surface area contributed by atoms with Gasteiger partial charge in [-0.15, -0.1) is 11.8 Å². The van der Waals surface area contributed by atoms with Crippen molar-refractivity contribution < 1.29 is 14.3 Å². The molecule has 0 aliphatic heterocycles. The molecule has 0 aliphatic carbocycles. The maximum Gasteiger partial charge on any atom is 0.250 e. The largest absolute Gasteiger partial charge is 0.493 e. The molecule has 0 aliphatic rings. The van der Waals surface area contributed by atoms with Crippen LogP contribution in [0.1, 0.15) is 11.1 Å². The Morgan fingerprint density at radius 1 is 1.12 bits per heavy atom. The third-order valence-corrected chi connectivity index (χ3v) is 6.48. The van der Waals surface area contributed by atoms with Crippen LogP contribution < -0.4 is 14.9 Å². The van der Waals surface area contributed by atoms with Gasteiger partial charge in [0.25, 0.3) is 0 Å². The first-order chi connectivity index (χ1) is 15.5. The molecule has 0 spiro atoms. The molecule has 1 amide bonds. The van der Waals surface area contributed by atoms with Crippen molar-refractivity contribution >= 4 is 63.0 Å². The Morgan fingerprint density at radius 2 is 1.91 bits per heavy atom. The molecule has 3 aromatic rings. The molecule has 32 heavy (non-hydrogen) atoms. The number of hydrazone groups is 1. The first kappa shape index (κ1) is 24.5. The molecule has 0 aromatic heterocycles. The molecule has 3 rings (SSSR count). The summed E-state index contributed by atoms with van der Waals surface area (Å²) in [6, 6.07) is 18.6. The Labute approximate surface area is 209 Å². The average Bonchev–Trinajstić information content (AvgIpc) is 2.79. The number of halogens is 3. The summed E-state index contributed by atoms with van der Waals surface area (Å²) in [6.45, 7) is 0.286. The number of hydrogen-bond acceptors (Lipinski definition) is 5. The Bertz CT molecular complexity index is 1110. The number of nitrogens with zero attached hydrogens (tertiary/aromatic N) is 1. The second-order valence-corrected chi connectivity index (χ2v) is 9.18.